The molecule has 1 aromatic carbocycles. The van der Waals surface area contributed by atoms with Crippen molar-refractivity contribution < 1.29 is 9.53 Å². The van der Waals surface area contributed by atoms with Crippen molar-refractivity contribution in [2.24, 2.45) is 5.73 Å². The summed E-state index contributed by atoms with van der Waals surface area (Å²) in [6, 6.07) is 6.60. The Morgan fingerprint density at radius 3 is 2.79 bits per heavy atom. The molecule has 0 radical (unpaired) electrons. The van der Waals surface area contributed by atoms with Crippen molar-refractivity contribution in [3.05, 3.63) is 24.3 Å². The number of hydrogen-bond acceptors (Lipinski definition) is 3. The summed E-state index contributed by atoms with van der Waals surface area (Å²) in [7, 11) is 0. The lowest BCUT2D eigenvalue weighted by atomic mass is 10.3. The number of ether oxygens (including phenoxy) is 1. The normalized spacial score (nSPS) is 9.43. The molecule has 14 heavy (non-hydrogen) atoms. The van der Waals surface area contributed by atoms with Crippen LogP contribution in [0.3, 0.4) is 0 Å². The molecular formula is C9H13N3O2. The summed E-state index contributed by atoms with van der Waals surface area (Å²) < 4.78 is 5.29. The number of nitrogens with one attached hydrogen (secondary N) is 1. The third-order valence-electron chi connectivity index (χ3n) is 1.58. The van der Waals surface area contributed by atoms with Gasteiger partial charge in [0.05, 0.1) is 12.2 Å². The smallest absolute Gasteiger partial charge is 0.312 e. The number of carbonyl (C=O) groups is 1. The van der Waals surface area contributed by atoms with E-state index >= 15 is 0 Å². The van der Waals surface area contributed by atoms with Gasteiger partial charge in [-0.25, -0.2) is 4.79 Å². The summed E-state index contributed by atoms with van der Waals surface area (Å²) in [5.74, 6) is 0.610. The van der Waals surface area contributed by atoms with Gasteiger partial charge in [-0.05, 0) is 12.1 Å². The maximum absolute atomic E-state index is 10.3. The van der Waals surface area contributed by atoms with Crippen molar-refractivity contribution >= 4 is 11.7 Å². The van der Waals surface area contributed by atoms with E-state index in [2.05, 4.69) is 5.32 Å². The van der Waals surface area contributed by atoms with Crippen LogP contribution in [0.15, 0.2) is 24.3 Å². The number of urea groups is 1. The second-order valence-electron chi connectivity index (χ2n) is 2.68. The predicted molar refractivity (Wildman–Crippen MR) is 53.9 cm³/mol. The van der Waals surface area contributed by atoms with Gasteiger partial charge in [0, 0.05) is 0 Å². The molecule has 1 rings (SSSR count). The van der Waals surface area contributed by atoms with Crippen LogP contribution < -0.4 is 21.5 Å². The number of amides is 2. The van der Waals surface area contributed by atoms with Crippen molar-refractivity contribution in [3.63, 3.8) is 0 Å². The third kappa shape index (κ3) is 3.22. The fraction of sp³-hybridized carbons (Fsp3) is 0.222. The quantitative estimate of drug-likeness (QED) is 0.477. The van der Waals surface area contributed by atoms with Crippen LogP contribution in [-0.4, -0.2) is 19.2 Å². The Bertz CT molecular complexity index is 315. The van der Waals surface area contributed by atoms with Crippen molar-refractivity contribution in [2.45, 2.75) is 0 Å². The van der Waals surface area contributed by atoms with Gasteiger partial charge < -0.3 is 21.5 Å². The first-order valence-corrected chi connectivity index (χ1v) is 4.21. The SMILES string of the molecule is NC(=O)NCCOc1ccccc1N. The molecule has 0 heterocycles. The molecule has 0 saturated heterocycles. The molecule has 76 valence electrons. The zero-order valence-electron chi connectivity index (χ0n) is 7.69. The number of benzene rings is 1. The highest BCUT2D eigenvalue weighted by Gasteiger charge is 1.97. The molecule has 0 aliphatic carbocycles. The number of hydrogen-bond donors (Lipinski definition) is 3. The highest BCUT2D eigenvalue weighted by atomic mass is 16.5. The lowest BCUT2D eigenvalue weighted by Gasteiger charge is -2.08. The lowest BCUT2D eigenvalue weighted by molar-refractivity contribution is 0.244. The fourth-order valence-electron chi connectivity index (χ4n) is 0.947. The molecule has 0 aliphatic heterocycles. The van der Waals surface area contributed by atoms with Gasteiger partial charge in [-0.1, -0.05) is 12.1 Å². The first kappa shape index (κ1) is 10.2. The molecule has 0 atom stereocenters. The van der Waals surface area contributed by atoms with Crippen LogP contribution in [0, 0.1) is 0 Å². The molecule has 0 fully saturated rings. The molecule has 1 aromatic rings. The summed E-state index contributed by atoms with van der Waals surface area (Å²) in [6.45, 7) is 0.709. The molecule has 0 aliphatic rings. The Morgan fingerprint density at radius 2 is 2.14 bits per heavy atom. The molecule has 0 spiro atoms. The van der Waals surface area contributed by atoms with Gasteiger partial charge in [-0.15, -0.1) is 0 Å². The highest BCUT2D eigenvalue weighted by molar-refractivity contribution is 5.71. The number of nitrogen functional groups attached to an aromatic ring is 1. The van der Waals surface area contributed by atoms with Gasteiger partial charge in [0.2, 0.25) is 0 Å². The third-order valence-corrected chi connectivity index (χ3v) is 1.58. The minimum atomic E-state index is -0.561. The van der Waals surface area contributed by atoms with E-state index < -0.39 is 6.03 Å². The molecular weight excluding hydrogens is 182 g/mol. The predicted octanol–water partition coefficient (Wildman–Crippen LogP) is 0.316. The highest BCUT2D eigenvalue weighted by Crippen LogP contribution is 2.19. The topological polar surface area (TPSA) is 90.4 Å². The maximum Gasteiger partial charge on any atom is 0.312 e. The van der Waals surface area contributed by atoms with Crippen LogP contribution in [0.25, 0.3) is 0 Å². The van der Waals surface area contributed by atoms with Crippen LogP contribution in [0.5, 0.6) is 5.75 Å². The molecule has 5 nitrogen and oxygen atoms in total. The van der Waals surface area contributed by atoms with Gasteiger partial charge in [0.15, 0.2) is 0 Å². The fourth-order valence-corrected chi connectivity index (χ4v) is 0.947. The number of anilines is 1. The Labute approximate surface area is 82.0 Å². The van der Waals surface area contributed by atoms with E-state index in [1.54, 1.807) is 12.1 Å². The minimum Gasteiger partial charge on any atom is -0.490 e. The Kier molecular flexibility index (Phi) is 3.60. The first-order valence-electron chi connectivity index (χ1n) is 4.21. The monoisotopic (exact) mass is 195 g/mol. The number of primary amides is 1. The summed E-state index contributed by atoms with van der Waals surface area (Å²) in [5, 5.41) is 2.41. The summed E-state index contributed by atoms with van der Waals surface area (Å²) in [4.78, 5) is 10.3. The average Bonchev–Trinajstić information content (AvgIpc) is 2.15. The maximum atomic E-state index is 10.3. The number of carbonyl (C=O) groups excluding carboxylic acids is 1. The Balaban J connectivity index is 2.31. The zero-order valence-corrected chi connectivity index (χ0v) is 7.69. The van der Waals surface area contributed by atoms with Crippen LogP contribution in [-0.2, 0) is 0 Å². The molecule has 0 unspecified atom stereocenters. The number of rotatable bonds is 4. The van der Waals surface area contributed by atoms with Crippen LogP contribution in [0.4, 0.5) is 10.5 Å². The van der Waals surface area contributed by atoms with Crippen molar-refractivity contribution in [2.75, 3.05) is 18.9 Å². The molecule has 0 saturated carbocycles. The average molecular weight is 195 g/mol. The van der Waals surface area contributed by atoms with E-state index in [1.165, 1.54) is 0 Å². The Hall–Kier alpha value is -1.91. The molecule has 2 amide bonds. The number of para-hydroxylation sites is 2. The van der Waals surface area contributed by atoms with Gasteiger partial charge in [0.25, 0.3) is 0 Å². The molecule has 5 heteroatoms. The van der Waals surface area contributed by atoms with E-state index in [-0.39, 0.29) is 0 Å². The second kappa shape index (κ2) is 4.96. The molecule has 5 N–H and O–H groups in total. The second-order valence-corrected chi connectivity index (χ2v) is 2.68. The summed E-state index contributed by atoms with van der Waals surface area (Å²) >= 11 is 0. The van der Waals surface area contributed by atoms with Crippen molar-refractivity contribution in [1.82, 2.24) is 5.32 Å². The van der Waals surface area contributed by atoms with E-state index in [0.29, 0.717) is 24.6 Å². The van der Waals surface area contributed by atoms with Crippen LogP contribution in [0.2, 0.25) is 0 Å². The van der Waals surface area contributed by atoms with E-state index in [1.807, 2.05) is 12.1 Å². The van der Waals surface area contributed by atoms with Gasteiger partial charge in [0.1, 0.15) is 12.4 Å². The lowest BCUT2D eigenvalue weighted by Crippen LogP contribution is -2.32. The summed E-state index contributed by atoms with van der Waals surface area (Å²) in [5.41, 5.74) is 11.1. The zero-order chi connectivity index (χ0) is 10.4. The van der Waals surface area contributed by atoms with E-state index in [9.17, 15) is 4.79 Å². The first-order chi connectivity index (χ1) is 6.70. The molecule has 0 aromatic heterocycles. The Morgan fingerprint density at radius 1 is 1.43 bits per heavy atom. The molecule has 0 bridgehead atoms. The van der Waals surface area contributed by atoms with E-state index in [0.717, 1.165) is 0 Å². The van der Waals surface area contributed by atoms with Gasteiger partial charge in [-0.3, -0.25) is 0 Å². The van der Waals surface area contributed by atoms with Crippen LogP contribution in [0.1, 0.15) is 0 Å². The minimum absolute atomic E-state index is 0.344. The standard InChI is InChI=1S/C9H13N3O2/c10-7-3-1-2-4-8(7)14-6-5-12-9(11)13/h1-4H,5-6,10H2,(H3,11,12,13). The van der Waals surface area contributed by atoms with Gasteiger partial charge >= 0.3 is 6.03 Å². The van der Waals surface area contributed by atoms with Crippen molar-refractivity contribution in [3.8, 4) is 5.75 Å². The van der Waals surface area contributed by atoms with Crippen LogP contribution >= 0.6 is 0 Å². The summed E-state index contributed by atoms with van der Waals surface area (Å²) in [6.07, 6.45) is 0. The largest absolute Gasteiger partial charge is 0.490 e. The van der Waals surface area contributed by atoms with Crippen molar-refractivity contribution in [1.29, 1.82) is 0 Å². The van der Waals surface area contributed by atoms with E-state index in [4.69, 9.17) is 16.2 Å². The number of nitrogens with two attached hydrogens (primary N) is 2. The van der Waals surface area contributed by atoms with Gasteiger partial charge in [-0.2, -0.15) is 0 Å².